The number of aromatic nitrogens is 2. The minimum absolute atomic E-state index is 0.276. The molecule has 0 radical (unpaired) electrons. The summed E-state index contributed by atoms with van der Waals surface area (Å²) in [5, 5.41) is 30.8. The molecule has 2 aliphatic rings. The van der Waals surface area contributed by atoms with Crippen molar-refractivity contribution in [3.05, 3.63) is 159 Å². The lowest BCUT2D eigenvalue weighted by molar-refractivity contribution is -0.137. The van der Waals surface area contributed by atoms with Crippen LogP contribution in [0.1, 0.15) is 22.7 Å². The maximum Gasteiger partial charge on any atom is 0.416 e. The molecule has 9 nitrogen and oxygen atoms in total. The number of rotatable bonds is 14. The van der Waals surface area contributed by atoms with E-state index in [1.807, 2.05) is 48.5 Å². The lowest BCUT2D eigenvalue weighted by atomic mass is 9.92. The van der Waals surface area contributed by atoms with Gasteiger partial charge in [-0.2, -0.15) is 13.2 Å². The number of ether oxygens (including phenoxy) is 1. The molecule has 4 unspecified atom stereocenters. The van der Waals surface area contributed by atoms with Crippen molar-refractivity contribution >= 4 is 75.5 Å². The molecule has 6 aromatic carbocycles. The van der Waals surface area contributed by atoms with Crippen LogP contribution in [0.4, 0.5) is 13.2 Å². The van der Waals surface area contributed by atoms with Gasteiger partial charge in [0, 0.05) is 125 Å². The highest BCUT2D eigenvalue weighted by molar-refractivity contribution is 9.10. The Labute approximate surface area is 411 Å². The van der Waals surface area contributed by atoms with Gasteiger partial charge in [-0.15, -0.1) is 0 Å². The monoisotopic (exact) mass is 1050 g/mol. The maximum atomic E-state index is 13.4. The van der Waals surface area contributed by atoms with Gasteiger partial charge < -0.3 is 24.1 Å². The average molecular weight is 1050 g/mol. The van der Waals surface area contributed by atoms with E-state index >= 15 is 0 Å². The third-order valence-electron chi connectivity index (χ3n) is 14.2. The molecule has 4 heterocycles. The van der Waals surface area contributed by atoms with E-state index < -0.39 is 36.0 Å². The van der Waals surface area contributed by atoms with Gasteiger partial charge in [-0.1, -0.05) is 92.5 Å². The summed E-state index contributed by atoms with van der Waals surface area (Å²) in [6, 6.07) is 41.7. The number of benzene rings is 6. The first-order chi connectivity index (χ1) is 32.9. The summed E-state index contributed by atoms with van der Waals surface area (Å²) in [6.45, 7) is 7.72. The zero-order valence-electron chi connectivity index (χ0n) is 37.9. The van der Waals surface area contributed by atoms with E-state index in [1.165, 1.54) is 5.56 Å². The molecule has 354 valence electrons. The summed E-state index contributed by atoms with van der Waals surface area (Å²) < 4.78 is 52.1. The van der Waals surface area contributed by atoms with Crippen LogP contribution >= 0.6 is 31.9 Å². The fourth-order valence-electron chi connectivity index (χ4n) is 10.8. The standard InChI is InChI=1S/C54H55Br2F3N6O3/c1-68-41-18-12-37(13-19-41)33-60-22-24-62(25-23-60)34-50(66)53(65-48-9-5-3-7-43(48)45-31-40(56)17-21-49(45)65)52(63-28-26-61(27-29-63)32-36-10-14-38(15-11-36)54(57,58)59)51(67)35-64-46-8-4-2-6-42(46)44-30-39(55)16-20-47(44)64/h2-21,30-31,50-53,66-67H,22-29,32-35H2,1H3. The van der Waals surface area contributed by atoms with Crippen LogP contribution in [0.3, 0.4) is 0 Å². The molecule has 2 aliphatic heterocycles. The molecule has 2 saturated heterocycles. The molecule has 0 saturated carbocycles. The van der Waals surface area contributed by atoms with Gasteiger partial charge in [-0.05, 0) is 83.9 Å². The van der Waals surface area contributed by atoms with Crippen LogP contribution in [0, 0.1) is 0 Å². The van der Waals surface area contributed by atoms with Gasteiger partial charge in [0.1, 0.15) is 5.75 Å². The van der Waals surface area contributed by atoms with Crippen LogP contribution in [0.25, 0.3) is 43.6 Å². The summed E-state index contributed by atoms with van der Waals surface area (Å²) >= 11 is 7.44. The summed E-state index contributed by atoms with van der Waals surface area (Å²) in [5.41, 5.74) is 5.37. The number of fused-ring (bicyclic) bond motifs is 6. The van der Waals surface area contributed by atoms with E-state index in [9.17, 15) is 23.4 Å². The molecular weight excluding hydrogens is 997 g/mol. The highest BCUT2D eigenvalue weighted by Crippen LogP contribution is 2.40. The molecule has 0 amide bonds. The molecule has 68 heavy (non-hydrogen) atoms. The van der Waals surface area contributed by atoms with Crippen LogP contribution in [0.15, 0.2) is 142 Å². The van der Waals surface area contributed by atoms with Crippen molar-refractivity contribution < 1.29 is 28.1 Å². The molecule has 2 N–H and O–H groups in total. The number of alkyl halides is 3. The van der Waals surface area contributed by atoms with E-state index in [0.29, 0.717) is 39.3 Å². The Hall–Kier alpha value is -4.77. The van der Waals surface area contributed by atoms with Gasteiger partial charge >= 0.3 is 6.18 Å². The summed E-state index contributed by atoms with van der Waals surface area (Å²) in [4.78, 5) is 9.44. The molecule has 0 spiro atoms. The smallest absolute Gasteiger partial charge is 0.416 e. The van der Waals surface area contributed by atoms with Crippen molar-refractivity contribution in [3.8, 4) is 5.75 Å². The first-order valence-electron chi connectivity index (χ1n) is 23.3. The molecule has 0 aliphatic carbocycles. The Morgan fingerprint density at radius 3 is 1.60 bits per heavy atom. The van der Waals surface area contributed by atoms with Crippen LogP contribution in [-0.4, -0.2) is 123 Å². The molecule has 4 atom stereocenters. The van der Waals surface area contributed by atoms with Crippen molar-refractivity contribution in [2.75, 3.05) is 66.0 Å². The lowest BCUT2D eigenvalue weighted by Crippen LogP contribution is -2.60. The SMILES string of the molecule is COc1ccc(CN2CCN(CC(O)C(C(C(O)Cn3c4ccccc4c4cc(Br)ccc43)N3CCN(Cc4ccc(C(F)(F)F)cc4)CC3)n3c4ccccc4c4cc(Br)ccc43)CC2)cc1. The highest BCUT2D eigenvalue weighted by Gasteiger charge is 2.42. The Balaban J connectivity index is 1.02. The van der Waals surface area contributed by atoms with E-state index in [0.717, 1.165) is 109 Å². The van der Waals surface area contributed by atoms with Gasteiger partial charge in [-0.25, -0.2) is 0 Å². The maximum absolute atomic E-state index is 13.4. The Morgan fingerprint density at radius 1 is 0.529 bits per heavy atom. The molecular formula is C54H55Br2F3N6O3. The van der Waals surface area contributed by atoms with Gasteiger partial charge in [0.25, 0.3) is 0 Å². The number of methoxy groups -OCH3 is 1. The number of piperazine rings is 2. The number of halogens is 5. The number of nitrogens with zero attached hydrogens (tertiary/aromatic N) is 6. The van der Waals surface area contributed by atoms with E-state index in [1.54, 1.807) is 19.2 Å². The van der Waals surface area contributed by atoms with Crippen molar-refractivity contribution in [1.82, 2.24) is 28.7 Å². The number of β-amino-alcohol motifs (C(OH)–C–C–N with tert-alkyl or cyclic N) is 1. The number of hydrogen-bond donors (Lipinski definition) is 2. The van der Waals surface area contributed by atoms with E-state index in [2.05, 4.69) is 121 Å². The number of hydrogen-bond acceptors (Lipinski definition) is 7. The van der Waals surface area contributed by atoms with Crippen LogP contribution in [0.2, 0.25) is 0 Å². The van der Waals surface area contributed by atoms with Crippen molar-refractivity contribution in [2.45, 2.75) is 50.1 Å². The minimum Gasteiger partial charge on any atom is -0.497 e. The predicted octanol–water partition coefficient (Wildman–Crippen LogP) is 10.4. The zero-order valence-corrected chi connectivity index (χ0v) is 41.0. The van der Waals surface area contributed by atoms with Gasteiger partial charge in [-0.3, -0.25) is 19.6 Å². The highest BCUT2D eigenvalue weighted by atomic mass is 79.9. The van der Waals surface area contributed by atoms with Gasteiger partial charge in [0.2, 0.25) is 0 Å². The predicted molar refractivity (Wildman–Crippen MR) is 272 cm³/mol. The van der Waals surface area contributed by atoms with E-state index in [-0.39, 0.29) is 6.54 Å². The lowest BCUT2D eigenvalue weighted by Gasteiger charge is -2.47. The van der Waals surface area contributed by atoms with Crippen LogP contribution in [0.5, 0.6) is 5.75 Å². The summed E-state index contributed by atoms with van der Waals surface area (Å²) in [6.07, 6.45) is -6.24. The van der Waals surface area contributed by atoms with Crippen molar-refractivity contribution in [1.29, 1.82) is 0 Å². The number of aliphatic hydroxyl groups is 2. The third kappa shape index (κ3) is 9.71. The largest absolute Gasteiger partial charge is 0.497 e. The molecule has 2 fully saturated rings. The average Bonchev–Trinajstić information content (AvgIpc) is 3.82. The number of para-hydroxylation sites is 2. The second-order valence-corrected chi connectivity index (χ2v) is 20.2. The second-order valence-electron chi connectivity index (χ2n) is 18.4. The third-order valence-corrected chi connectivity index (χ3v) is 15.2. The summed E-state index contributed by atoms with van der Waals surface area (Å²) in [5.74, 6) is 0.838. The first-order valence-corrected chi connectivity index (χ1v) is 24.9. The Morgan fingerprint density at radius 2 is 1.00 bits per heavy atom. The molecule has 10 rings (SSSR count). The first kappa shape index (κ1) is 46.9. The second kappa shape index (κ2) is 19.9. The van der Waals surface area contributed by atoms with Crippen molar-refractivity contribution in [3.63, 3.8) is 0 Å². The normalized spacial score (nSPS) is 17.9. The van der Waals surface area contributed by atoms with Crippen LogP contribution < -0.4 is 4.74 Å². The quantitative estimate of drug-likeness (QED) is 0.112. The molecule has 8 aromatic rings. The van der Waals surface area contributed by atoms with Crippen LogP contribution in [-0.2, 0) is 25.8 Å². The Bertz CT molecular complexity index is 3020. The van der Waals surface area contributed by atoms with Gasteiger partial charge in [0.15, 0.2) is 0 Å². The number of aliphatic hydroxyl groups excluding tert-OH is 2. The minimum atomic E-state index is -4.39. The van der Waals surface area contributed by atoms with E-state index in [4.69, 9.17) is 4.74 Å². The fourth-order valence-corrected chi connectivity index (χ4v) is 11.5. The molecule has 2 aromatic heterocycles. The Kier molecular flexibility index (Phi) is 13.7. The fraction of sp³-hybridized carbons (Fsp3) is 0.333. The molecule has 14 heteroatoms. The summed E-state index contributed by atoms with van der Waals surface area (Å²) in [7, 11) is 1.68. The topological polar surface area (TPSA) is 72.5 Å². The zero-order chi connectivity index (χ0) is 47.1. The van der Waals surface area contributed by atoms with Gasteiger partial charge in [0.05, 0.1) is 43.5 Å². The molecule has 0 bridgehead atoms. The van der Waals surface area contributed by atoms with Crippen molar-refractivity contribution in [2.24, 2.45) is 0 Å².